The molecule has 1 aromatic rings. The first kappa shape index (κ1) is 12.8. The van der Waals surface area contributed by atoms with Crippen molar-refractivity contribution in [2.75, 3.05) is 6.26 Å². The largest absolute Gasteiger partial charge is 0.505 e. The summed E-state index contributed by atoms with van der Waals surface area (Å²) in [6.45, 7) is 0. The van der Waals surface area contributed by atoms with E-state index in [0.29, 0.717) is 12.8 Å². The Morgan fingerprint density at radius 2 is 1.94 bits per heavy atom. The number of carboxylic acids is 1. The summed E-state index contributed by atoms with van der Waals surface area (Å²) in [6.07, 6.45) is 1.41. The van der Waals surface area contributed by atoms with Crippen LogP contribution in [0.1, 0.15) is 18.4 Å². The molecule has 0 unspecified atom stereocenters. The molecule has 5 nitrogen and oxygen atoms in total. The van der Waals surface area contributed by atoms with E-state index >= 15 is 0 Å². The van der Waals surface area contributed by atoms with Gasteiger partial charge in [-0.05, 0) is 18.9 Å². The van der Waals surface area contributed by atoms with Crippen molar-refractivity contribution in [1.82, 2.24) is 0 Å². The van der Waals surface area contributed by atoms with Crippen LogP contribution in [0.4, 0.5) is 4.39 Å². The van der Waals surface area contributed by atoms with Gasteiger partial charge >= 0.3 is 5.97 Å². The zero-order chi connectivity index (χ0) is 13.7. The van der Waals surface area contributed by atoms with Crippen LogP contribution in [0.3, 0.4) is 0 Å². The lowest BCUT2D eigenvalue weighted by atomic mass is 9.95. The molecule has 7 heteroatoms. The van der Waals surface area contributed by atoms with Crippen LogP contribution in [0.5, 0.6) is 5.75 Å². The summed E-state index contributed by atoms with van der Waals surface area (Å²) in [6, 6.07) is 2.15. The number of hydrogen-bond acceptors (Lipinski definition) is 4. The van der Waals surface area contributed by atoms with Gasteiger partial charge in [-0.25, -0.2) is 12.8 Å². The number of aliphatic carboxylic acids is 1. The number of aromatic hydroxyl groups is 1. The topological polar surface area (TPSA) is 91.7 Å². The molecule has 1 fully saturated rings. The number of halogens is 1. The van der Waals surface area contributed by atoms with Gasteiger partial charge in [0.1, 0.15) is 4.90 Å². The molecule has 0 radical (unpaired) electrons. The first-order valence-electron chi connectivity index (χ1n) is 5.15. The fraction of sp³-hybridized carbons (Fsp3) is 0.364. The van der Waals surface area contributed by atoms with E-state index in [1.54, 1.807) is 0 Å². The van der Waals surface area contributed by atoms with E-state index in [9.17, 15) is 22.7 Å². The minimum atomic E-state index is -3.80. The van der Waals surface area contributed by atoms with Gasteiger partial charge in [0.05, 0.1) is 5.41 Å². The van der Waals surface area contributed by atoms with E-state index in [1.165, 1.54) is 0 Å². The Hall–Kier alpha value is -1.63. The van der Waals surface area contributed by atoms with E-state index < -0.39 is 37.7 Å². The first-order chi connectivity index (χ1) is 8.20. The molecular formula is C11H11FO5S. The lowest BCUT2D eigenvalue weighted by Gasteiger charge is -2.14. The number of rotatable bonds is 3. The highest BCUT2D eigenvalue weighted by molar-refractivity contribution is 7.90. The molecule has 1 aromatic carbocycles. The molecule has 18 heavy (non-hydrogen) atoms. The van der Waals surface area contributed by atoms with Crippen LogP contribution in [-0.4, -0.2) is 30.9 Å². The number of phenols is 1. The molecule has 1 aliphatic carbocycles. The van der Waals surface area contributed by atoms with Crippen LogP contribution in [-0.2, 0) is 20.0 Å². The van der Waals surface area contributed by atoms with Crippen molar-refractivity contribution in [1.29, 1.82) is 0 Å². The molecule has 1 aliphatic rings. The average molecular weight is 274 g/mol. The van der Waals surface area contributed by atoms with Crippen molar-refractivity contribution in [3.05, 3.63) is 23.5 Å². The third-order valence-corrected chi connectivity index (χ3v) is 4.27. The Bertz CT molecular complexity index is 631. The summed E-state index contributed by atoms with van der Waals surface area (Å²) < 4.78 is 36.3. The minimum Gasteiger partial charge on any atom is -0.505 e. The molecule has 0 saturated heterocycles. The van der Waals surface area contributed by atoms with Crippen LogP contribution in [0.2, 0.25) is 0 Å². The zero-order valence-electron chi connectivity index (χ0n) is 9.47. The third kappa shape index (κ3) is 1.74. The maximum atomic E-state index is 13.8. The monoisotopic (exact) mass is 274 g/mol. The second-order valence-electron chi connectivity index (χ2n) is 4.43. The third-order valence-electron chi connectivity index (χ3n) is 3.16. The quantitative estimate of drug-likeness (QED) is 0.859. The minimum absolute atomic E-state index is 0.0695. The predicted molar refractivity (Wildman–Crippen MR) is 59.7 cm³/mol. The van der Waals surface area contributed by atoms with Crippen molar-refractivity contribution in [2.45, 2.75) is 23.2 Å². The molecule has 98 valence electrons. The Balaban J connectivity index is 2.63. The standard InChI is InChI=1S/C11H11FO5S/c1-18(16,17)7-3-2-6(9(13)8(7)12)11(4-5-11)10(14)15/h2-3,13H,4-5H2,1H3,(H,14,15). The van der Waals surface area contributed by atoms with Gasteiger partial charge in [0.15, 0.2) is 21.4 Å². The Morgan fingerprint density at radius 3 is 2.33 bits per heavy atom. The van der Waals surface area contributed by atoms with E-state index in [2.05, 4.69) is 0 Å². The van der Waals surface area contributed by atoms with Crippen molar-refractivity contribution in [3.63, 3.8) is 0 Å². The number of benzene rings is 1. The number of hydrogen-bond donors (Lipinski definition) is 2. The van der Waals surface area contributed by atoms with Gasteiger partial charge in [-0.15, -0.1) is 0 Å². The molecule has 0 amide bonds. The summed E-state index contributed by atoms with van der Waals surface area (Å²) in [5, 5.41) is 18.7. The molecule has 0 heterocycles. The molecular weight excluding hydrogens is 263 g/mol. The molecule has 0 atom stereocenters. The predicted octanol–water partition coefficient (Wildman–Crippen LogP) is 1.05. The van der Waals surface area contributed by atoms with Gasteiger partial charge in [-0.1, -0.05) is 6.07 Å². The Labute approximate surface area is 103 Å². The number of carbonyl (C=O) groups is 1. The molecule has 0 aromatic heterocycles. The summed E-state index contributed by atoms with van der Waals surface area (Å²) in [5.41, 5.74) is -1.35. The highest BCUT2D eigenvalue weighted by atomic mass is 32.2. The van der Waals surface area contributed by atoms with Crippen molar-refractivity contribution in [2.24, 2.45) is 0 Å². The summed E-state index contributed by atoms with van der Waals surface area (Å²) in [4.78, 5) is 10.4. The van der Waals surface area contributed by atoms with Gasteiger partial charge in [0, 0.05) is 11.8 Å². The summed E-state index contributed by atoms with van der Waals surface area (Å²) in [7, 11) is -3.80. The molecule has 1 saturated carbocycles. The van der Waals surface area contributed by atoms with Gasteiger partial charge in [0.2, 0.25) is 0 Å². The van der Waals surface area contributed by atoms with Gasteiger partial charge in [0.25, 0.3) is 0 Å². The molecule has 0 spiro atoms. The van der Waals surface area contributed by atoms with Crippen LogP contribution < -0.4 is 0 Å². The van der Waals surface area contributed by atoms with Crippen LogP contribution in [0.25, 0.3) is 0 Å². The molecule has 2 N–H and O–H groups in total. The lowest BCUT2D eigenvalue weighted by Crippen LogP contribution is -2.20. The number of phenolic OH excluding ortho intramolecular Hbond substituents is 1. The normalized spacial score (nSPS) is 17.4. The van der Waals surface area contributed by atoms with Crippen molar-refractivity contribution in [3.8, 4) is 5.75 Å². The van der Waals surface area contributed by atoms with E-state index in [1.807, 2.05) is 0 Å². The highest BCUT2D eigenvalue weighted by Gasteiger charge is 2.53. The van der Waals surface area contributed by atoms with Gasteiger partial charge in [-0.3, -0.25) is 4.79 Å². The van der Waals surface area contributed by atoms with Gasteiger partial charge in [-0.2, -0.15) is 0 Å². The highest BCUT2D eigenvalue weighted by Crippen LogP contribution is 2.52. The second kappa shape index (κ2) is 3.68. The second-order valence-corrected chi connectivity index (χ2v) is 6.42. The van der Waals surface area contributed by atoms with Crippen molar-refractivity contribution >= 4 is 15.8 Å². The maximum Gasteiger partial charge on any atom is 0.314 e. The summed E-state index contributed by atoms with van der Waals surface area (Å²) >= 11 is 0. The molecule has 0 aliphatic heterocycles. The van der Waals surface area contributed by atoms with Crippen LogP contribution >= 0.6 is 0 Å². The zero-order valence-corrected chi connectivity index (χ0v) is 10.3. The summed E-state index contributed by atoms with van der Waals surface area (Å²) in [5.74, 6) is -3.33. The molecule has 0 bridgehead atoms. The Morgan fingerprint density at radius 1 is 1.39 bits per heavy atom. The van der Waals surface area contributed by atoms with Gasteiger partial charge < -0.3 is 10.2 Å². The fourth-order valence-electron chi connectivity index (χ4n) is 1.94. The number of carboxylic acid groups (broad SMARTS) is 1. The Kier molecular flexibility index (Phi) is 2.62. The van der Waals surface area contributed by atoms with Crippen molar-refractivity contribution < 1.29 is 27.8 Å². The number of sulfone groups is 1. The maximum absolute atomic E-state index is 13.8. The first-order valence-corrected chi connectivity index (χ1v) is 7.05. The van der Waals surface area contributed by atoms with Crippen LogP contribution in [0, 0.1) is 5.82 Å². The fourth-order valence-corrected chi connectivity index (χ4v) is 2.68. The lowest BCUT2D eigenvalue weighted by molar-refractivity contribution is -0.140. The van der Waals surface area contributed by atoms with E-state index in [-0.39, 0.29) is 5.56 Å². The SMILES string of the molecule is CS(=O)(=O)c1ccc(C2(C(=O)O)CC2)c(O)c1F. The van der Waals surface area contributed by atoms with E-state index in [0.717, 1.165) is 18.4 Å². The smallest absolute Gasteiger partial charge is 0.314 e. The average Bonchev–Trinajstić information content (AvgIpc) is 3.01. The molecule has 2 rings (SSSR count). The van der Waals surface area contributed by atoms with Crippen LogP contribution in [0.15, 0.2) is 17.0 Å². The van der Waals surface area contributed by atoms with E-state index in [4.69, 9.17) is 5.11 Å².